The number of hydrogen-bond donors (Lipinski definition) is 1. The summed E-state index contributed by atoms with van der Waals surface area (Å²) in [4.78, 5) is 0. The van der Waals surface area contributed by atoms with Crippen molar-refractivity contribution in [2.75, 3.05) is 0 Å². The van der Waals surface area contributed by atoms with Crippen molar-refractivity contribution in [2.45, 2.75) is 66.3 Å². The average molecular weight is 185 g/mol. The lowest BCUT2D eigenvalue weighted by atomic mass is 9.71. The summed E-state index contributed by atoms with van der Waals surface area (Å²) in [5.74, 6) is 0.905. The first-order valence-corrected chi connectivity index (χ1v) is 5.76. The maximum Gasteiger partial charge on any atom is 0.00390 e. The molecule has 0 heterocycles. The topological polar surface area (TPSA) is 26.0 Å². The molecule has 0 aromatic heterocycles. The van der Waals surface area contributed by atoms with Crippen molar-refractivity contribution in [3.8, 4) is 0 Å². The van der Waals surface area contributed by atoms with Crippen LogP contribution >= 0.6 is 0 Å². The smallest absolute Gasteiger partial charge is 0.00390 e. The zero-order valence-electron chi connectivity index (χ0n) is 10.1. The predicted molar refractivity (Wildman–Crippen MR) is 60.7 cm³/mol. The van der Waals surface area contributed by atoms with Crippen LogP contribution in [0, 0.1) is 11.3 Å². The highest BCUT2D eigenvalue weighted by molar-refractivity contribution is 4.81. The van der Waals surface area contributed by atoms with Crippen molar-refractivity contribution in [2.24, 2.45) is 17.1 Å². The van der Waals surface area contributed by atoms with Crippen LogP contribution in [0.1, 0.15) is 60.3 Å². The Morgan fingerprint density at radius 3 is 1.62 bits per heavy atom. The summed E-state index contributed by atoms with van der Waals surface area (Å²) in [6.45, 7) is 11.0. The van der Waals surface area contributed by atoms with Gasteiger partial charge in [0.1, 0.15) is 0 Å². The second-order valence-corrected chi connectivity index (χ2v) is 4.98. The summed E-state index contributed by atoms with van der Waals surface area (Å²) in [5.41, 5.74) is 6.34. The van der Waals surface area contributed by atoms with Crippen LogP contribution in [-0.4, -0.2) is 6.04 Å². The Labute approximate surface area is 84.1 Å². The van der Waals surface area contributed by atoms with Crippen LogP contribution in [-0.2, 0) is 0 Å². The fraction of sp³-hybridized carbons (Fsp3) is 1.00. The Morgan fingerprint density at radius 1 is 0.923 bits per heavy atom. The van der Waals surface area contributed by atoms with Crippen molar-refractivity contribution in [3.05, 3.63) is 0 Å². The molecule has 13 heavy (non-hydrogen) atoms. The Balaban J connectivity index is 0.000000671. The van der Waals surface area contributed by atoms with E-state index in [1.807, 2.05) is 13.8 Å². The van der Waals surface area contributed by atoms with E-state index in [0.29, 0.717) is 11.5 Å². The lowest BCUT2D eigenvalue weighted by Crippen LogP contribution is -2.31. The Kier molecular flexibility index (Phi) is 5.62. The summed E-state index contributed by atoms with van der Waals surface area (Å²) >= 11 is 0. The minimum absolute atomic E-state index is 0.494. The van der Waals surface area contributed by atoms with Crippen LogP contribution < -0.4 is 5.73 Å². The summed E-state index contributed by atoms with van der Waals surface area (Å²) in [6.07, 6.45) is 5.15. The van der Waals surface area contributed by atoms with E-state index in [1.165, 1.54) is 25.7 Å². The van der Waals surface area contributed by atoms with Gasteiger partial charge in [0.05, 0.1) is 0 Å². The van der Waals surface area contributed by atoms with Crippen LogP contribution in [0.25, 0.3) is 0 Å². The molecule has 1 aliphatic rings. The van der Waals surface area contributed by atoms with E-state index in [0.717, 1.165) is 5.92 Å². The van der Waals surface area contributed by atoms with Gasteiger partial charge in [-0.05, 0) is 37.0 Å². The van der Waals surface area contributed by atoms with Crippen molar-refractivity contribution in [3.63, 3.8) is 0 Å². The highest BCUT2D eigenvalue weighted by Crippen LogP contribution is 2.37. The van der Waals surface area contributed by atoms with Gasteiger partial charge in [-0.2, -0.15) is 0 Å². The van der Waals surface area contributed by atoms with Crippen molar-refractivity contribution >= 4 is 0 Å². The molecule has 1 fully saturated rings. The van der Waals surface area contributed by atoms with E-state index in [2.05, 4.69) is 20.8 Å². The minimum Gasteiger partial charge on any atom is -0.328 e. The molecule has 0 unspecified atom stereocenters. The molecule has 0 aromatic carbocycles. The highest BCUT2D eigenvalue weighted by Gasteiger charge is 2.28. The highest BCUT2D eigenvalue weighted by atomic mass is 14.6. The molecule has 2 N–H and O–H groups in total. The maximum absolute atomic E-state index is 5.84. The zero-order valence-corrected chi connectivity index (χ0v) is 10.1. The third-order valence-electron chi connectivity index (χ3n) is 3.00. The van der Waals surface area contributed by atoms with E-state index >= 15 is 0 Å². The molecule has 0 aliphatic heterocycles. The monoisotopic (exact) mass is 185 g/mol. The van der Waals surface area contributed by atoms with Gasteiger partial charge in [0.25, 0.3) is 0 Å². The first kappa shape index (κ1) is 13.0. The quantitative estimate of drug-likeness (QED) is 0.613. The van der Waals surface area contributed by atoms with Crippen LogP contribution in [0.15, 0.2) is 0 Å². The van der Waals surface area contributed by atoms with Crippen molar-refractivity contribution in [1.29, 1.82) is 0 Å². The third-order valence-corrected chi connectivity index (χ3v) is 3.00. The van der Waals surface area contributed by atoms with Gasteiger partial charge in [0, 0.05) is 6.04 Å². The van der Waals surface area contributed by atoms with Gasteiger partial charge < -0.3 is 5.73 Å². The van der Waals surface area contributed by atoms with Crippen LogP contribution in [0.2, 0.25) is 0 Å². The lowest BCUT2D eigenvalue weighted by molar-refractivity contribution is 0.170. The fourth-order valence-corrected chi connectivity index (χ4v) is 1.99. The normalized spacial score (nSPS) is 29.1. The van der Waals surface area contributed by atoms with Crippen molar-refractivity contribution < 1.29 is 0 Å². The van der Waals surface area contributed by atoms with Gasteiger partial charge in [-0.1, -0.05) is 34.6 Å². The van der Waals surface area contributed by atoms with Gasteiger partial charge >= 0.3 is 0 Å². The molecule has 0 atom stereocenters. The average Bonchev–Trinajstić information content (AvgIpc) is 2.07. The molecule has 0 bridgehead atoms. The van der Waals surface area contributed by atoms with Crippen LogP contribution in [0.5, 0.6) is 0 Å². The third kappa shape index (κ3) is 4.66. The first-order chi connectivity index (χ1) is 6.00. The fourth-order valence-electron chi connectivity index (χ4n) is 1.99. The number of nitrogens with two attached hydrogens (primary N) is 1. The van der Waals surface area contributed by atoms with Crippen LogP contribution in [0.4, 0.5) is 0 Å². The zero-order chi connectivity index (χ0) is 10.5. The molecular weight excluding hydrogens is 158 g/mol. The summed E-state index contributed by atoms with van der Waals surface area (Å²) in [7, 11) is 0. The largest absolute Gasteiger partial charge is 0.328 e. The standard InChI is InChI=1S/C10H21N.C2H6/c1-10(2,3)8-4-6-9(11)7-5-8;1-2/h8-9H,4-7,11H2,1-3H3;1-2H3. The van der Waals surface area contributed by atoms with Gasteiger partial charge in [0.2, 0.25) is 0 Å². The first-order valence-electron chi connectivity index (χ1n) is 5.76. The molecule has 0 saturated heterocycles. The Morgan fingerprint density at radius 2 is 1.31 bits per heavy atom. The van der Waals surface area contributed by atoms with Crippen molar-refractivity contribution in [1.82, 2.24) is 0 Å². The van der Waals surface area contributed by atoms with Gasteiger partial charge in [-0.25, -0.2) is 0 Å². The van der Waals surface area contributed by atoms with E-state index < -0.39 is 0 Å². The molecule has 0 radical (unpaired) electrons. The van der Waals surface area contributed by atoms with Gasteiger partial charge in [-0.3, -0.25) is 0 Å². The summed E-state index contributed by atoms with van der Waals surface area (Å²) < 4.78 is 0. The molecule has 1 rings (SSSR count). The number of hydrogen-bond acceptors (Lipinski definition) is 1. The van der Waals surface area contributed by atoms with Gasteiger partial charge in [0.15, 0.2) is 0 Å². The Bertz CT molecular complexity index is 116. The van der Waals surface area contributed by atoms with Gasteiger partial charge in [-0.15, -0.1) is 0 Å². The molecule has 80 valence electrons. The maximum atomic E-state index is 5.84. The molecule has 1 aliphatic carbocycles. The van der Waals surface area contributed by atoms with E-state index in [1.54, 1.807) is 0 Å². The van der Waals surface area contributed by atoms with E-state index in [-0.39, 0.29) is 0 Å². The Hall–Kier alpha value is -0.0400. The summed E-state index contributed by atoms with van der Waals surface area (Å²) in [6, 6.07) is 0.494. The van der Waals surface area contributed by atoms with E-state index in [9.17, 15) is 0 Å². The molecule has 0 aromatic rings. The molecule has 1 heteroatoms. The molecule has 0 spiro atoms. The molecular formula is C12H27N. The second kappa shape index (κ2) is 5.64. The molecule has 0 amide bonds. The predicted octanol–water partition coefficient (Wildman–Crippen LogP) is 3.58. The SMILES string of the molecule is CC.CC(C)(C)C1CCC(N)CC1. The minimum atomic E-state index is 0.494. The van der Waals surface area contributed by atoms with Crippen LogP contribution in [0.3, 0.4) is 0 Å². The van der Waals surface area contributed by atoms with E-state index in [4.69, 9.17) is 5.73 Å². The molecule has 1 nitrogen and oxygen atoms in total. The number of rotatable bonds is 0. The molecule has 1 saturated carbocycles. The summed E-state index contributed by atoms with van der Waals surface area (Å²) in [5, 5.41) is 0. The second-order valence-electron chi connectivity index (χ2n) is 4.98. The lowest BCUT2D eigenvalue weighted by Gasteiger charge is -2.35.